The van der Waals surface area contributed by atoms with Gasteiger partial charge in [-0.15, -0.1) is 0 Å². The fraction of sp³-hybridized carbons (Fsp3) is 0.182. The molecule has 0 bridgehead atoms. The van der Waals surface area contributed by atoms with E-state index in [-0.39, 0.29) is 23.0 Å². The number of benzene rings is 2. The molecule has 12 nitrogen and oxygen atoms in total. The first-order valence-electron chi connectivity index (χ1n) is 10.3. The highest BCUT2D eigenvalue weighted by Crippen LogP contribution is 2.22. The minimum Gasteiger partial charge on any atom is -0.480 e. The molecule has 0 saturated carbocycles. The minimum atomic E-state index is -4.10. The Balaban J connectivity index is 1.59. The molecule has 0 aliphatic carbocycles. The van der Waals surface area contributed by atoms with Crippen molar-refractivity contribution in [3.63, 3.8) is 0 Å². The summed E-state index contributed by atoms with van der Waals surface area (Å²) < 4.78 is 32.3. The number of aromatic nitrogens is 1. The van der Waals surface area contributed by atoms with Crippen molar-refractivity contribution in [2.24, 2.45) is 16.5 Å². The highest BCUT2D eigenvalue weighted by molar-refractivity contribution is 7.89. The van der Waals surface area contributed by atoms with E-state index in [4.69, 9.17) is 16.0 Å². The molecule has 0 radical (unpaired) electrons. The fourth-order valence-electron chi connectivity index (χ4n) is 3.04. The summed E-state index contributed by atoms with van der Waals surface area (Å²) in [6, 6.07) is 12.8. The molecule has 3 rings (SSSR count). The Morgan fingerprint density at radius 2 is 1.86 bits per heavy atom. The van der Waals surface area contributed by atoms with Crippen molar-refractivity contribution in [1.29, 1.82) is 0 Å². The highest BCUT2D eigenvalue weighted by atomic mass is 32.2. The number of nitrogens with two attached hydrogens (primary N) is 2. The van der Waals surface area contributed by atoms with Crippen LogP contribution in [0.5, 0.6) is 0 Å². The number of nitrogens with one attached hydrogen (secondary N) is 2. The molecule has 1 aromatic heterocycles. The van der Waals surface area contributed by atoms with Crippen LogP contribution >= 0.6 is 0 Å². The van der Waals surface area contributed by atoms with Crippen molar-refractivity contribution < 1.29 is 27.6 Å². The second-order valence-corrected chi connectivity index (χ2v) is 9.29. The molecule has 0 aliphatic rings. The maximum Gasteiger partial charge on any atom is 0.323 e. The van der Waals surface area contributed by atoms with Crippen LogP contribution in [0.1, 0.15) is 11.3 Å². The van der Waals surface area contributed by atoms with Crippen molar-refractivity contribution in [2.75, 3.05) is 6.54 Å². The van der Waals surface area contributed by atoms with Crippen molar-refractivity contribution in [3.05, 3.63) is 65.9 Å². The molecule has 7 N–H and O–H groups in total. The molecule has 2 aromatic carbocycles. The third-order valence-electron chi connectivity index (χ3n) is 4.71. The standard InChI is InChI=1S/C22H24N6O6S/c1-13-3-2-4-17(9-13)35(32,33)28-19(21(30)31)12-25-20(29)11-16-10-18(27-34-16)14-5-7-15(8-6-14)26-22(23)24/h2-10,19,28H,11-12H2,1H3,(H,25,29)(H,30,31)(H4,23,24,26)/t19-/m0/s1. The Hall–Kier alpha value is -4.23. The predicted molar refractivity (Wildman–Crippen MR) is 127 cm³/mol. The Morgan fingerprint density at radius 3 is 2.49 bits per heavy atom. The minimum absolute atomic E-state index is 0.0689. The third-order valence-corrected chi connectivity index (χ3v) is 6.18. The maximum atomic E-state index is 12.5. The van der Waals surface area contributed by atoms with Gasteiger partial charge in [-0.2, -0.15) is 4.72 Å². The van der Waals surface area contributed by atoms with Gasteiger partial charge in [0.2, 0.25) is 15.9 Å². The number of nitrogens with zero attached hydrogens (tertiary/aromatic N) is 2. The van der Waals surface area contributed by atoms with E-state index < -0.39 is 34.5 Å². The number of guanidine groups is 1. The number of aryl methyl sites for hydroxylation is 1. The number of hydrogen-bond acceptors (Lipinski definition) is 7. The van der Waals surface area contributed by atoms with E-state index in [1.165, 1.54) is 12.1 Å². The summed E-state index contributed by atoms with van der Waals surface area (Å²) in [7, 11) is -4.10. The number of hydrogen-bond donors (Lipinski definition) is 5. The lowest BCUT2D eigenvalue weighted by Gasteiger charge is -2.15. The number of carbonyl (C=O) groups is 2. The fourth-order valence-corrected chi connectivity index (χ4v) is 4.34. The van der Waals surface area contributed by atoms with Gasteiger partial charge in [0.1, 0.15) is 17.5 Å². The smallest absolute Gasteiger partial charge is 0.323 e. The maximum absolute atomic E-state index is 12.5. The molecule has 1 amide bonds. The Labute approximate surface area is 201 Å². The van der Waals surface area contributed by atoms with E-state index in [1.54, 1.807) is 49.4 Å². The van der Waals surface area contributed by atoms with Crippen molar-refractivity contribution in [2.45, 2.75) is 24.3 Å². The van der Waals surface area contributed by atoms with Crippen LogP contribution in [0.2, 0.25) is 0 Å². The topological polar surface area (TPSA) is 203 Å². The summed E-state index contributed by atoms with van der Waals surface area (Å²) in [5.41, 5.74) is 13.1. The molecule has 0 saturated heterocycles. The molecule has 1 atom stereocenters. The van der Waals surface area contributed by atoms with Gasteiger partial charge in [-0.25, -0.2) is 13.4 Å². The number of aliphatic imine (C=N–C) groups is 1. The highest BCUT2D eigenvalue weighted by Gasteiger charge is 2.26. The van der Waals surface area contributed by atoms with E-state index in [1.807, 2.05) is 0 Å². The monoisotopic (exact) mass is 500 g/mol. The summed E-state index contributed by atoms with van der Waals surface area (Å²) in [5, 5.41) is 15.7. The Bertz CT molecular complexity index is 1350. The van der Waals surface area contributed by atoms with E-state index in [2.05, 4.69) is 20.2 Å². The number of carboxylic acids is 1. The average molecular weight is 501 g/mol. The number of carboxylic acid groups (broad SMARTS) is 1. The predicted octanol–water partition coefficient (Wildman–Crippen LogP) is 0.645. The number of sulfonamides is 1. The van der Waals surface area contributed by atoms with Crippen LogP contribution in [-0.4, -0.2) is 49.1 Å². The lowest BCUT2D eigenvalue weighted by atomic mass is 10.1. The normalized spacial score (nSPS) is 12.0. The number of rotatable bonds is 10. The molecule has 0 spiro atoms. The summed E-state index contributed by atoms with van der Waals surface area (Å²) >= 11 is 0. The van der Waals surface area contributed by atoms with Gasteiger partial charge < -0.3 is 26.4 Å². The summed E-state index contributed by atoms with van der Waals surface area (Å²) in [6.07, 6.45) is -0.226. The van der Waals surface area contributed by atoms with Crippen LogP contribution in [0.15, 0.2) is 69.0 Å². The molecular weight excluding hydrogens is 476 g/mol. The number of carbonyl (C=O) groups excluding carboxylic acids is 1. The first-order chi connectivity index (χ1) is 16.5. The SMILES string of the molecule is Cc1cccc(S(=O)(=O)N[C@@H](CNC(=O)Cc2cc(-c3ccc(N=C(N)N)cc3)no2)C(=O)O)c1. The second-order valence-electron chi connectivity index (χ2n) is 7.57. The van der Waals surface area contributed by atoms with Crippen molar-refractivity contribution in [1.82, 2.24) is 15.2 Å². The van der Waals surface area contributed by atoms with E-state index in [9.17, 15) is 23.1 Å². The molecule has 0 fully saturated rings. The van der Waals surface area contributed by atoms with Crippen LogP contribution in [0.3, 0.4) is 0 Å². The first kappa shape index (κ1) is 25.4. The van der Waals surface area contributed by atoms with Gasteiger partial charge in [0.25, 0.3) is 0 Å². The van der Waals surface area contributed by atoms with Gasteiger partial charge in [0.05, 0.1) is 17.0 Å². The number of aliphatic carboxylic acids is 1. The molecule has 0 aliphatic heterocycles. The molecule has 0 unspecified atom stereocenters. The summed E-state index contributed by atoms with van der Waals surface area (Å²) in [6.45, 7) is 1.25. The van der Waals surface area contributed by atoms with Gasteiger partial charge in [-0.05, 0) is 36.8 Å². The number of amides is 1. The summed E-state index contributed by atoms with van der Waals surface area (Å²) in [4.78, 5) is 27.7. The molecule has 13 heteroatoms. The largest absolute Gasteiger partial charge is 0.480 e. The van der Waals surface area contributed by atoms with Crippen molar-refractivity contribution in [3.8, 4) is 11.3 Å². The lowest BCUT2D eigenvalue weighted by Crippen LogP contribution is -2.48. The quantitative estimate of drug-likeness (QED) is 0.195. The van der Waals surface area contributed by atoms with Crippen LogP contribution in [-0.2, 0) is 26.0 Å². The molecular formula is C22H24N6O6S. The summed E-state index contributed by atoms with van der Waals surface area (Å²) in [5.74, 6) is -1.84. The van der Waals surface area contributed by atoms with Gasteiger partial charge in [0.15, 0.2) is 5.96 Å². The van der Waals surface area contributed by atoms with Crippen LogP contribution in [0.25, 0.3) is 11.3 Å². The van der Waals surface area contributed by atoms with Crippen LogP contribution in [0.4, 0.5) is 5.69 Å². The zero-order valence-corrected chi connectivity index (χ0v) is 19.5. The van der Waals surface area contributed by atoms with Gasteiger partial charge >= 0.3 is 5.97 Å². The zero-order valence-electron chi connectivity index (χ0n) is 18.6. The van der Waals surface area contributed by atoms with Crippen molar-refractivity contribution >= 4 is 33.5 Å². The van der Waals surface area contributed by atoms with Crippen LogP contribution in [0, 0.1) is 6.92 Å². The first-order valence-corrected chi connectivity index (χ1v) is 11.8. The molecule has 184 valence electrons. The Morgan fingerprint density at radius 1 is 1.14 bits per heavy atom. The lowest BCUT2D eigenvalue weighted by molar-refractivity contribution is -0.138. The molecule has 1 heterocycles. The average Bonchev–Trinajstić information content (AvgIpc) is 3.25. The van der Waals surface area contributed by atoms with Gasteiger partial charge in [-0.3, -0.25) is 9.59 Å². The molecule has 35 heavy (non-hydrogen) atoms. The molecule has 3 aromatic rings. The van der Waals surface area contributed by atoms with Gasteiger partial charge in [-0.1, -0.05) is 29.4 Å². The zero-order chi connectivity index (χ0) is 25.6. The van der Waals surface area contributed by atoms with Gasteiger partial charge in [0, 0.05) is 18.2 Å². The van der Waals surface area contributed by atoms with E-state index in [0.717, 1.165) is 0 Å². The van der Waals surface area contributed by atoms with Crippen LogP contribution < -0.4 is 21.5 Å². The Kier molecular flexibility index (Phi) is 7.83. The van der Waals surface area contributed by atoms with E-state index in [0.29, 0.717) is 22.5 Å². The second kappa shape index (κ2) is 10.8. The third kappa shape index (κ3) is 7.12. The van der Waals surface area contributed by atoms with E-state index >= 15 is 0 Å².